The molecule has 5 heteroatoms. The first kappa shape index (κ1) is 13.5. The van der Waals surface area contributed by atoms with Gasteiger partial charge in [0.15, 0.2) is 5.79 Å². The Balaban J connectivity index is 2.69. The van der Waals surface area contributed by atoms with Crippen molar-refractivity contribution >= 4 is 0 Å². The molecule has 0 spiro atoms. The fourth-order valence-corrected chi connectivity index (χ4v) is 1.72. The molecule has 3 nitrogen and oxygen atoms in total. The van der Waals surface area contributed by atoms with Gasteiger partial charge in [-0.15, -0.1) is 0 Å². The number of ether oxygens (including phenoxy) is 2. The zero-order valence-corrected chi connectivity index (χ0v) is 9.58. The summed E-state index contributed by atoms with van der Waals surface area (Å²) in [6.07, 6.45) is -1.37. The molecule has 94 valence electrons. The second-order valence-corrected chi connectivity index (χ2v) is 3.91. The highest BCUT2D eigenvalue weighted by molar-refractivity contribution is 4.98. The lowest BCUT2D eigenvalue weighted by atomic mass is 10.1. The SMILES string of the molecule is C=CC(F)(F)C(O)[C@H]1COC(CC)(CC)O1. The van der Waals surface area contributed by atoms with E-state index in [0.717, 1.165) is 0 Å². The van der Waals surface area contributed by atoms with Crippen LogP contribution in [0.15, 0.2) is 12.7 Å². The molecule has 1 saturated heterocycles. The molecule has 1 N–H and O–H groups in total. The van der Waals surface area contributed by atoms with E-state index >= 15 is 0 Å². The first-order chi connectivity index (χ1) is 7.40. The summed E-state index contributed by atoms with van der Waals surface area (Å²) in [5.41, 5.74) is 0. The van der Waals surface area contributed by atoms with E-state index < -0.39 is 23.9 Å². The van der Waals surface area contributed by atoms with Gasteiger partial charge in [0.1, 0.15) is 12.2 Å². The summed E-state index contributed by atoms with van der Waals surface area (Å²) >= 11 is 0. The molecule has 1 aliphatic rings. The Hall–Kier alpha value is -0.520. The zero-order chi connectivity index (χ0) is 12.4. The van der Waals surface area contributed by atoms with Crippen molar-refractivity contribution in [1.29, 1.82) is 0 Å². The monoisotopic (exact) mass is 236 g/mol. The summed E-state index contributed by atoms with van der Waals surface area (Å²) in [7, 11) is 0. The standard InChI is InChI=1S/C11H18F2O3/c1-4-10(5-2)15-7-8(16-10)9(14)11(12,13)6-3/h6,8-9,14H,3-5,7H2,1-2H3/t8-,9?/m1/s1. The Morgan fingerprint density at radius 2 is 2.12 bits per heavy atom. The smallest absolute Gasteiger partial charge is 0.294 e. The molecular formula is C11H18F2O3. The minimum Gasteiger partial charge on any atom is -0.384 e. The summed E-state index contributed by atoms with van der Waals surface area (Å²) in [6, 6.07) is 0. The Kier molecular flexibility index (Phi) is 4.04. The molecule has 0 aromatic carbocycles. The Bertz CT molecular complexity index is 252. The summed E-state index contributed by atoms with van der Waals surface area (Å²) in [5, 5.41) is 9.47. The molecule has 0 saturated carbocycles. The summed E-state index contributed by atoms with van der Waals surface area (Å²) < 4.78 is 37.1. The highest BCUT2D eigenvalue weighted by Crippen LogP contribution is 2.35. The van der Waals surface area contributed by atoms with Crippen LogP contribution in [-0.4, -0.2) is 35.6 Å². The number of aliphatic hydroxyl groups is 1. The van der Waals surface area contributed by atoms with Crippen molar-refractivity contribution in [2.24, 2.45) is 0 Å². The van der Waals surface area contributed by atoms with Gasteiger partial charge < -0.3 is 14.6 Å². The lowest BCUT2D eigenvalue weighted by Crippen LogP contribution is -2.43. The number of aliphatic hydroxyl groups excluding tert-OH is 1. The Morgan fingerprint density at radius 1 is 1.56 bits per heavy atom. The van der Waals surface area contributed by atoms with Crippen molar-refractivity contribution in [3.05, 3.63) is 12.7 Å². The van der Waals surface area contributed by atoms with E-state index in [4.69, 9.17) is 9.47 Å². The van der Waals surface area contributed by atoms with Crippen LogP contribution in [0.5, 0.6) is 0 Å². The normalized spacial score (nSPS) is 26.7. The third-order valence-corrected chi connectivity index (χ3v) is 2.97. The first-order valence-electron chi connectivity index (χ1n) is 5.42. The number of halogens is 2. The summed E-state index contributed by atoms with van der Waals surface area (Å²) in [4.78, 5) is 0. The van der Waals surface area contributed by atoms with E-state index in [9.17, 15) is 13.9 Å². The van der Waals surface area contributed by atoms with E-state index in [1.54, 1.807) is 0 Å². The molecule has 0 radical (unpaired) electrons. The van der Waals surface area contributed by atoms with Gasteiger partial charge >= 0.3 is 0 Å². The van der Waals surface area contributed by atoms with E-state index in [0.29, 0.717) is 18.9 Å². The minimum absolute atomic E-state index is 0.0216. The third-order valence-electron chi connectivity index (χ3n) is 2.97. The predicted octanol–water partition coefficient (Wildman–Crippen LogP) is 2.10. The van der Waals surface area contributed by atoms with Crippen LogP contribution < -0.4 is 0 Å². The fourth-order valence-electron chi connectivity index (χ4n) is 1.72. The molecular weight excluding hydrogens is 218 g/mol. The molecule has 0 aromatic heterocycles. The van der Waals surface area contributed by atoms with Crippen LogP contribution in [-0.2, 0) is 9.47 Å². The van der Waals surface area contributed by atoms with Crippen molar-refractivity contribution in [2.45, 2.75) is 50.6 Å². The van der Waals surface area contributed by atoms with Crippen LogP contribution in [0.25, 0.3) is 0 Å². The van der Waals surface area contributed by atoms with Crippen molar-refractivity contribution in [3.63, 3.8) is 0 Å². The van der Waals surface area contributed by atoms with Crippen molar-refractivity contribution in [2.75, 3.05) is 6.61 Å². The van der Waals surface area contributed by atoms with Gasteiger partial charge in [-0.05, 0) is 18.9 Å². The van der Waals surface area contributed by atoms with Crippen LogP contribution in [0.4, 0.5) is 8.78 Å². The van der Waals surface area contributed by atoms with Gasteiger partial charge in [-0.25, -0.2) is 0 Å². The molecule has 16 heavy (non-hydrogen) atoms. The molecule has 0 aliphatic carbocycles. The number of rotatable bonds is 5. The molecule has 1 rings (SSSR count). The lowest BCUT2D eigenvalue weighted by Gasteiger charge is -2.27. The maximum atomic E-state index is 13.2. The fraction of sp³-hybridized carbons (Fsp3) is 0.818. The molecule has 0 amide bonds. The van der Waals surface area contributed by atoms with E-state index in [2.05, 4.69) is 6.58 Å². The van der Waals surface area contributed by atoms with Gasteiger partial charge in [0, 0.05) is 0 Å². The molecule has 0 bridgehead atoms. The topological polar surface area (TPSA) is 38.7 Å². The van der Waals surface area contributed by atoms with E-state index in [-0.39, 0.29) is 6.61 Å². The summed E-state index contributed by atoms with van der Waals surface area (Å²) in [6.45, 7) is 6.68. The van der Waals surface area contributed by atoms with Gasteiger partial charge in [0.25, 0.3) is 5.92 Å². The average molecular weight is 236 g/mol. The van der Waals surface area contributed by atoms with E-state index in [1.165, 1.54) is 0 Å². The van der Waals surface area contributed by atoms with Crippen molar-refractivity contribution < 1.29 is 23.4 Å². The molecule has 1 fully saturated rings. The zero-order valence-electron chi connectivity index (χ0n) is 9.58. The van der Waals surface area contributed by atoms with Gasteiger partial charge in [0.05, 0.1) is 6.61 Å². The minimum atomic E-state index is -3.36. The first-order valence-corrected chi connectivity index (χ1v) is 5.42. The molecule has 1 unspecified atom stereocenters. The van der Waals surface area contributed by atoms with Crippen molar-refractivity contribution in [1.82, 2.24) is 0 Å². The maximum absolute atomic E-state index is 13.2. The Labute approximate surface area is 94.0 Å². The van der Waals surface area contributed by atoms with Gasteiger partial charge in [-0.2, -0.15) is 8.78 Å². The van der Waals surface area contributed by atoms with Gasteiger partial charge in [-0.3, -0.25) is 0 Å². The number of alkyl halides is 2. The number of hydrogen-bond donors (Lipinski definition) is 1. The molecule has 1 aliphatic heterocycles. The van der Waals surface area contributed by atoms with Crippen LogP contribution in [0.1, 0.15) is 26.7 Å². The average Bonchev–Trinajstić information content (AvgIpc) is 2.73. The maximum Gasteiger partial charge on any atom is 0.294 e. The highest BCUT2D eigenvalue weighted by atomic mass is 19.3. The quantitative estimate of drug-likeness (QED) is 0.743. The van der Waals surface area contributed by atoms with E-state index in [1.807, 2.05) is 13.8 Å². The van der Waals surface area contributed by atoms with Gasteiger partial charge in [-0.1, -0.05) is 20.4 Å². The van der Waals surface area contributed by atoms with Crippen LogP contribution in [0.3, 0.4) is 0 Å². The highest BCUT2D eigenvalue weighted by Gasteiger charge is 2.48. The second-order valence-electron chi connectivity index (χ2n) is 3.91. The number of hydrogen-bond acceptors (Lipinski definition) is 3. The molecule has 0 aromatic rings. The van der Waals surface area contributed by atoms with Crippen LogP contribution in [0.2, 0.25) is 0 Å². The predicted molar refractivity (Wildman–Crippen MR) is 55.3 cm³/mol. The third kappa shape index (κ3) is 2.42. The van der Waals surface area contributed by atoms with Crippen molar-refractivity contribution in [3.8, 4) is 0 Å². The van der Waals surface area contributed by atoms with Crippen LogP contribution >= 0.6 is 0 Å². The summed E-state index contributed by atoms with van der Waals surface area (Å²) in [5.74, 6) is -4.19. The van der Waals surface area contributed by atoms with Gasteiger partial charge in [0.2, 0.25) is 0 Å². The molecule has 1 heterocycles. The second kappa shape index (κ2) is 4.77. The van der Waals surface area contributed by atoms with Crippen LogP contribution in [0, 0.1) is 0 Å². The Morgan fingerprint density at radius 3 is 2.50 bits per heavy atom. The molecule has 2 atom stereocenters. The lowest BCUT2D eigenvalue weighted by molar-refractivity contribution is -0.198. The largest absolute Gasteiger partial charge is 0.384 e.